The average Bonchev–Trinajstić information content (AvgIpc) is 1.65. The molecule has 0 fully saturated rings. The maximum absolute atomic E-state index is 10.2. The summed E-state index contributed by atoms with van der Waals surface area (Å²) >= 11 is 3.21. The van der Waals surface area contributed by atoms with Crippen molar-refractivity contribution < 1.29 is 14.3 Å². The standard InChI is InChI=1S/C3H2I2O3/c4-1-2(6)8-3(5)7/h1H2. The van der Waals surface area contributed by atoms with E-state index < -0.39 is 9.95 Å². The monoisotopic (exact) mass is 340 g/mol. The van der Waals surface area contributed by atoms with E-state index in [0.29, 0.717) is 0 Å². The van der Waals surface area contributed by atoms with Crippen molar-refractivity contribution in [2.45, 2.75) is 0 Å². The lowest BCUT2D eigenvalue weighted by Crippen LogP contribution is -2.05. The van der Waals surface area contributed by atoms with Gasteiger partial charge in [0.1, 0.15) is 0 Å². The summed E-state index contributed by atoms with van der Waals surface area (Å²) in [4.78, 5) is 20.1. The lowest BCUT2D eigenvalue weighted by atomic mass is 10.8. The molecule has 0 aliphatic heterocycles. The lowest BCUT2D eigenvalue weighted by molar-refractivity contribution is -0.132. The van der Waals surface area contributed by atoms with Crippen molar-refractivity contribution in [1.82, 2.24) is 0 Å². The SMILES string of the molecule is O=C(I)OC(=O)CI. The Labute approximate surface area is 73.4 Å². The molecule has 3 nitrogen and oxygen atoms in total. The third-order valence-corrected chi connectivity index (χ3v) is 1.15. The van der Waals surface area contributed by atoms with Crippen LogP contribution in [0.2, 0.25) is 0 Å². The van der Waals surface area contributed by atoms with E-state index in [4.69, 9.17) is 0 Å². The van der Waals surface area contributed by atoms with Crippen molar-refractivity contribution in [3.05, 3.63) is 0 Å². The fourth-order valence-corrected chi connectivity index (χ4v) is 0.518. The lowest BCUT2D eigenvalue weighted by Gasteiger charge is -1.89. The van der Waals surface area contributed by atoms with E-state index in [1.807, 2.05) is 22.6 Å². The van der Waals surface area contributed by atoms with Crippen LogP contribution in [0.15, 0.2) is 0 Å². The first-order chi connectivity index (χ1) is 3.66. The van der Waals surface area contributed by atoms with Crippen LogP contribution in [-0.2, 0) is 9.53 Å². The number of alkyl halides is 1. The third kappa shape index (κ3) is 4.75. The second kappa shape index (κ2) is 4.48. The smallest absolute Gasteiger partial charge is 0.374 e. The normalized spacial score (nSPS) is 8.25. The molecule has 0 heterocycles. The highest BCUT2D eigenvalue weighted by Crippen LogP contribution is 1.93. The summed E-state index contributed by atoms with van der Waals surface area (Å²) in [5.41, 5.74) is 0. The molecule has 0 saturated carbocycles. The molecule has 0 atom stereocenters. The Kier molecular flexibility index (Phi) is 4.81. The Balaban J connectivity index is 3.40. The molecule has 0 aromatic heterocycles. The van der Waals surface area contributed by atoms with Crippen LogP contribution < -0.4 is 0 Å². The predicted octanol–water partition coefficient (Wildman–Crippen LogP) is 1.52. The Bertz CT molecular complexity index is 111. The molecule has 0 aromatic carbocycles. The quantitative estimate of drug-likeness (QED) is 0.239. The summed E-state index contributed by atoms with van der Waals surface area (Å²) in [5.74, 6) is -0.495. The van der Waals surface area contributed by atoms with Gasteiger partial charge in [0.2, 0.25) is 0 Å². The molecule has 0 unspecified atom stereocenters. The number of carbonyl (C=O) groups is 2. The van der Waals surface area contributed by atoms with Gasteiger partial charge in [0, 0.05) is 0 Å². The zero-order valence-corrected chi connectivity index (χ0v) is 8.00. The van der Waals surface area contributed by atoms with Crippen LogP contribution in [0.5, 0.6) is 0 Å². The summed E-state index contributed by atoms with van der Waals surface area (Å²) < 4.78 is 3.74. The number of halogens is 2. The predicted molar refractivity (Wildman–Crippen MR) is 44.4 cm³/mol. The number of carbonyl (C=O) groups excluding carboxylic acids is 2. The van der Waals surface area contributed by atoms with Crippen LogP contribution in [0.4, 0.5) is 4.79 Å². The number of hydrogen-bond acceptors (Lipinski definition) is 3. The van der Waals surface area contributed by atoms with Gasteiger partial charge in [-0.25, -0.2) is 4.79 Å². The van der Waals surface area contributed by atoms with Crippen LogP contribution in [0.25, 0.3) is 0 Å². The van der Waals surface area contributed by atoms with Crippen LogP contribution in [0, 0.1) is 0 Å². The van der Waals surface area contributed by atoms with Gasteiger partial charge in [-0.1, -0.05) is 22.6 Å². The maximum atomic E-state index is 10.2. The highest BCUT2D eigenvalue weighted by atomic mass is 127. The molecule has 0 aromatic rings. The van der Waals surface area contributed by atoms with Gasteiger partial charge in [0.05, 0.1) is 27.0 Å². The first-order valence-corrected chi connectivity index (χ1v) is 4.23. The van der Waals surface area contributed by atoms with Crippen molar-refractivity contribution in [2.75, 3.05) is 4.43 Å². The maximum Gasteiger partial charge on any atom is 0.374 e. The van der Waals surface area contributed by atoms with E-state index in [2.05, 4.69) is 4.74 Å². The van der Waals surface area contributed by atoms with Gasteiger partial charge < -0.3 is 4.74 Å². The number of hydrogen-bond donors (Lipinski definition) is 0. The van der Waals surface area contributed by atoms with Crippen molar-refractivity contribution in [1.29, 1.82) is 0 Å². The first-order valence-electron chi connectivity index (χ1n) is 1.63. The molecular formula is C3H2I2O3. The highest BCUT2D eigenvalue weighted by molar-refractivity contribution is 14.1. The van der Waals surface area contributed by atoms with Crippen LogP contribution >= 0.6 is 45.2 Å². The summed E-state index contributed by atoms with van der Waals surface area (Å²) in [6.07, 6.45) is 0. The van der Waals surface area contributed by atoms with Gasteiger partial charge >= 0.3 is 9.95 Å². The van der Waals surface area contributed by atoms with Crippen LogP contribution in [-0.4, -0.2) is 14.4 Å². The number of esters is 1. The zero-order valence-electron chi connectivity index (χ0n) is 3.69. The van der Waals surface area contributed by atoms with E-state index in [0.717, 1.165) is 0 Å². The van der Waals surface area contributed by atoms with Gasteiger partial charge in [0.25, 0.3) is 0 Å². The minimum absolute atomic E-state index is 0.215. The van der Waals surface area contributed by atoms with E-state index in [9.17, 15) is 9.59 Å². The second-order valence-corrected chi connectivity index (χ2v) is 2.49. The van der Waals surface area contributed by atoms with E-state index in [1.165, 1.54) is 22.6 Å². The molecule has 0 bridgehead atoms. The molecule has 46 valence electrons. The summed E-state index contributed by atoms with van der Waals surface area (Å²) in [5, 5.41) is 0. The fourth-order valence-electron chi connectivity index (χ4n) is 0.117. The Morgan fingerprint density at radius 3 is 2.12 bits per heavy atom. The van der Waals surface area contributed by atoms with Crippen molar-refractivity contribution in [2.24, 2.45) is 0 Å². The molecule has 0 amide bonds. The van der Waals surface area contributed by atoms with Crippen molar-refractivity contribution in [3.63, 3.8) is 0 Å². The molecule has 0 aliphatic rings. The summed E-state index contributed by atoms with van der Waals surface area (Å²) in [6.45, 7) is 0. The molecule has 0 spiro atoms. The zero-order chi connectivity index (χ0) is 6.57. The molecule has 5 heteroatoms. The summed E-state index contributed by atoms with van der Waals surface area (Å²) in [6, 6.07) is 0. The van der Waals surface area contributed by atoms with E-state index >= 15 is 0 Å². The molecule has 0 N–H and O–H groups in total. The van der Waals surface area contributed by atoms with Gasteiger partial charge in [-0.3, -0.25) is 4.79 Å². The summed E-state index contributed by atoms with van der Waals surface area (Å²) in [7, 11) is 0. The van der Waals surface area contributed by atoms with Crippen molar-refractivity contribution >= 4 is 55.1 Å². The fraction of sp³-hybridized carbons (Fsp3) is 0.333. The first kappa shape index (κ1) is 8.60. The second-order valence-electron chi connectivity index (χ2n) is 0.845. The molecular weight excluding hydrogens is 338 g/mol. The Morgan fingerprint density at radius 2 is 2.00 bits per heavy atom. The van der Waals surface area contributed by atoms with Gasteiger partial charge in [-0.2, -0.15) is 0 Å². The van der Waals surface area contributed by atoms with Crippen LogP contribution in [0.3, 0.4) is 0 Å². The minimum atomic E-state index is -0.579. The van der Waals surface area contributed by atoms with Crippen molar-refractivity contribution in [3.8, 4) is 0 Å². The molecule has 0 aliphatic carbocycles. The highest BCUT2D eigenvalue weighted by Gasteiger charge is 2.02. The Morgan fingerprint density at radius 1 is 1.50 bits per heavy atom. The van der Waals surface area contributed by atoms with Crippen LogP contribution in [0.1, 0.15) is 0 Å². The molecule has 0 rings (SSSR count). The number of rotatable bonds is 1. The molecule has 8 heavy (non-hydrogen) atoms. The van der Waals surface area contributed by atoms with Gasteiger partial charge in [0.15, 0.2) is 0 Å². The largest absolute Gasteiger partial charge is 0.385 e. The minimum Gasteiger partial charge on any atom is -0.385 e. The van der Waals surface area contributed by atoms with Gasteiger partial charge in [-0.15, -0.1) is 0 Å². The average molecular weight is 340 g/mol. The molecule has 0 saturated heterocycles. The van der Waals surface area contributed by atoms with Gasteiger partial charge in [-0.05, 0) is 0 Å². The Hall–Kier alpha value is 0.600. The molecule has 0 radical (unpaired) electrons. The third-order valence-electron chi connectivity index (χ3n) is 0.303. The topological polar surface area (TPSA) is 43.4 Å². The number of ether oxygens (including phenoxy) is 1. The van der Waals surface area contributed by atoms with E-state index in [1.54, 1.807) is 0 Å². The van der Waals surface area contributed by atoms with E-state index in [-0.39, 0.29) is 4.43 Å².